The maximum absolute atomic E-state index is 11.4. The number of likely N-dealkylation sites (N-methyl/N-ethyl adjacent to an activating group) is 1. The van der Waals surface area contributed by atoms with Crippen LogP contribution in [0.25, 0.3) is 0 Å². The minimum absolute atomic E-state index is 0.395. The van der Waals surface area contributed by atoms with Crippen molar-refractivity contribution >= 4 is 17.8 Å². The van der Waals surface area contributed by atoms with Crippen molar-refractivity contribution in [3.05, 3.63) is 0 Å². The summed E-state index contributed by atoms with van der Waals surface area (Å²) >= 11 is 0. The van der Waals surface area contributed by atoms with E-state index in [2.05, 4.69) is 15.4 Å². The standard InChI is InChI=1S/C9H16N2O5/c1-5(10-2)8(13)11-6(9(14)15)4-7(12)16-3/h5-6,10H,4H2,1-3H3,(H,11,13)(H,14,15)/t5?,6-/m0/s1. The van der Waals surface area contributed by atoms with Crippen LogP contribution in [-0.4, -0.2) is 49.2 Å². The number of carboxylic acid groups (broad SMARTS) is 1. The Bertz CT molecular complexity index is 279. The second-order valence-corrected chi connectivity index (χ2v) is 3.19. The molecule has 0 bridgehead atoms. The summed E-state index contributed by atoms with van der Waals surface area (Å²) in [4.78, 5) is 33.0. The summed E-state index contributed by atoms with van der Waals surface area (Å²) in [5.41, 5.74) is 0. The molecule has 0 spiro atoms. The zero-order chi connectivity index (χ0) is 12.7. The van der Waals surface area contributed by atoms with Crippen molar-refractivity contribution in [2.45, 2.75) is 25.4 Å². The molecule has 92 valence electrons. The number of nitrogens with one attached hydrogen (secondary N) is 2. The number of carbonyl (C=O) groups excluding carboxylic acids is 2. The van der Waals surface area contributed by atoms with Gasteiger partial charge in [0.1, 0.15) is 6.04 Å². The summed E-state index contributed by atoms with van der Waals surface area (Å²) in [6.45, 7) is 1.58. The van der Waals surface area contributed by atoms with Gasteiger partial charge in [0.2, 0.25) is 5.91 Å². The molecule has 0 saturated heterocycles. The first kappa shape index (κ1) is 14.4. The molecule has 0 heterocycles. The zero-order valence-corrected chi connectivity index (χ0v) is 9.44. The zero-order valence-electron chi connectivity index (χ0n) is 9.44. The number of methoxy groups -OCH3 is 1. The fourth-order valence-electron chi connectivity index (χ4n) is 0.878. The SMILES string of the molecule is CNC(C)C(=O)N[C@@H](CC(=O)OC)C(=O)O. The van der Waals surface area contributed by atoms with E-state index in [4.69, 9.17) is 5.11 Å². The van der Waals surface area contributed by atoms with Gasteiger partial charge in [0.05, 0.1) is 19.6 Å². The summed E-state index contributed by atoms with van der Waals surface area (Å²) in [5.74, 6) is -2.45. The Morgan fingerprint density at radius 1 is 1.38 bits per heavy atom. The van der Waals surface area contributed by atoms with Gasteiger partial charge in [-0.25, -0.2) is 4.79 Å². The van der Waals surface area contributed by atoms with Gasteiger partial charge in [0.25, 0.3) is 0 Å². The molecule has 7 heteroatoms. The molecular weight excluding hydrogens is 216 g/mol. The van der Waals surface area contributed by atoms with Crippen molar-refractivity contribution in [2.75, 3.05) is 14.2 Å². The molecule has 0 aliphatic heterocycles. The quantitative estimate of drug-likeness (QED) is 0.493. The molecule has 0 aromatic rings. The van der Waals surface area contributed by atoms with E-state index >= 15 is 0 Å². The molecule has 1 unspecified atom stereocenters. The third-order valence-electron chi connectivity index (χ3n) is 2.04. The van der Waals surface area contributed by atoms with Crippen molar-refractivity contribution in [3.63, 3.8) is 0 Å². The van der Waals surface area contributed by atoms with Crippen molar-refractivity contribution in [2.24, 2.45) is 0 Å². The lowest BCUT2D eigenvalue weighted by molar-refractivity contribution is -0.148. The van der Waals surface area contributed by atoms with Gasteiger partial charge in [-0.1, -0.05) is 0 Å². The Hall–Kier alpha value is -1.63. The van der Waals surface area contributed by atoms with Crippen molar-refractivity contribution in [3.8, 4) is 0 Å². The molecule has 0 fully saturated rings. The van der Waals surface area contributed by atoms with Crippen molar-refractivity contribution in [1.29, 1.82) is 0 Å². The van der Waals surface area contributed by atoms with Gasteiger partial charge >= 0.3 is 11.9 Å². The van der Waals surface area contributed by atoms with Crippen LogP contribution < -0.4 is 10.6 Å². The predicted molar refractivity (Wildman–Crippen MR) is 54.7 cm³/mol. The largest absolute Gasteiger partial charge is 0.480 e. The van der Waals surface area contributed by atoms with E-state index in [-0.39, 0.29) is 0 Å². The Balaban J connectivity index is 4.40. The smallest absolute Gasteiger partial charge is 0.326 e. The van der Waals surface area contributed by atoms with Gasteiger partial charge in [-0.15, -0.1) is 0 Å². The summed E-state index contributed by atoms with van der Waals surface area (Å²) in [6, 6.07) is -1.80. The number of carboxylic acids is 1. The highest BCUT2D eigenvalue weighted by molar-refractivity contribution is 5.89. The van der Waals surface area contributed by atoms with Crippen LogP contribution in [-0.2, 0) is 19.1 Å². The van der Waals surface area contributed by atoms with Gasteiger partial charge in [0, 0.05) is 0 Å². The lowest BCUT2D eigenvalue weighted by Gasteiger charge is -2.16. The topological polar surface area (TPSA) is 105 Å². The van der Waals surface area contributed by atoms with E-state index < -0.39 is 36.4 Å². The Kier molecular flexibility index (Phi) is 6.09. The highest BCUT2D eigenvalue weighted by Crippen LogP contribution is 1.96. The van der Waals surface area contributed by atoms with E-state index in [1.165, 1.54) is 0 Å². The first-order chi connectivity index (χ1) is 7.42. The number of esters is 1. The van der Waals surface area contributed by atoms with E-state index in [9.17, 15) is 14.4 Å². The number of hydrogen-bond acceptors (Lipinski definition) is 5. The van der Waals surface area contributed by atoms with Crippen molar-refractivity contribution < 1.29 is 24.2 Å². The third-order valence-corrected chi connectivity index (χ3v) is 2.04. The van der Waals surface area contributed by atoms with Gasteiger partial charge in [0.15, 0.2) is 0 Å². The fourth-order valence-corrected chi connectivity index (χ4v) is 0.878. The molecule has 0 aromatic heterocycles. The van der Waals surface area contributed by atoms with E-state index in [0.717, 1.165) is 7.11 Å². The molecule has 0 radical (unpaired) electrons. The Labute approximate surface area is 93.2 Å². The van der Waals surface area contributed by atoms with Crippen LogP contribution in [0, 0.1) is 0 Å². The van der Waals surface area contributed by atoms with Crippen LogP contribution >= 0.6 is 0 Å². The molecule has 2 atom stereocenters. The fraction of sp³-hybridized carbons (Fsp3) is 0.667. The molecule has 0 aliphatic carbocycles. The van der Waals surface area contributed by atoms with E-state index in [0.29, 0.717) is 0 Å². The minimum Gasteiger partial charge on any atom is -0.480 e. The van der Waals surface area contributed by atoms with E-state index in [1.54, 1.807) is 14.0 Å². The Morgan fingerprint density at radius 2 is 1.94 bits per heavy atom. The average molecular weight is 232 g/mol. The number of rotatable bonds is 6. The van der Waals surface area contributed by atoms with Gasteiger partial charge in [-0.05, 0) is 14.0 Å². The summed E-state index contributed by atoms with van der Waals surface area (Å²) < 4.78 is 4.33. The molecule has 0 rings (SSSR count). The second-order valence-electron chi connectivity index (χ2n) is 3.19. The molecule has 0 aliphatic rings. The van der Waals surface area contributed by atoms with Crippen LogP contribution in [0.15, 0.2) is 0 Å². The highest BCUT2D eigenvalue weighted by Gasteiger charge is 2.25. The lowest BCUT2D eigenvalue weighted by atomic mass is 10.2. The van der Waals surface area contributed by atoms with Crippen LogP contribution in [0.3, 0.4) is 0 Å². The van der Waals surface area contributed by atoms with Crippen LogP contribution in [0.1, 0.15) is 13.3 Å². The number of ether oxygens (including phenoxy) is 1. The molecule has 3 N–H and O–H groups in total. The summed E-state index contributed by atoms with van der Waals surface area (Å²) in [7, 11) is 2.72. The molecule has 0 saturated carbocycles. The van der Waals surface area contributed by atoms with Gasteiger partial charge < -0.3 is 20.5 Å². The molecular formula is C9H16N2O5. The maximum atomic E-state index is 11.4. The van der Waals surface area contributed by atoms with Gasteiger partial charge in [-0.3, -0.25) is 9.59 Å². The van der Waals surface area contributed by atoms with Crippen LogP contribution in [0.4, 0.5) is 0 Å². The molecule has 7 nitrogen and oxygen atoms in total. The second kappa shape index (κ2) is 6.78. The van der Waals surface area contributed by atoms with E-state index in [1.807, 2.05) is 0 Å². The van der Waals surface area contributed by atoms with Crippen LogP contribution in [0.5, 0.6) is 0 Å². The third kappa shape index (κ3) is 4.74. The van der Waals surface area contributed by atoms with Crippen molar-refractivity contribution in [1.82, 2.24) is 10.6 Å². The maximum Gasteiger partial charge on any atom is 0.326 e. The highest BCUT2D eigenvalue weighted by atomic mass is 16.5. The summed E-state index contributed by atoms with van der Waals surface area (Å²) in [5, 5.41) is 13.7. The first-order valence-corrected chi connectivity index (χ1v) is 4.69. The lowest BCUT2D eigenvalue weighted by Crippen LogP contribution is -2.49. The molecule has 1 amide bonds. The monoisotopic (exact) mass is 232 g/mol. The number of hydrogen-bond donors (Lipinski definition) is 3. The average Bonchev–Trinajstić information content (AvgIpc) is 2.26. The normalized spacial score (nSPS) is 13.7. The minimum atomic E-state index is -1.28. The number of amides is 1. The summed E-state index contributed by atoms with van der Waals surface area (Å²) in [6.07, 6.45) is -0.395. The number of carbonyl (C=O) groups is 3. The van der Waals surface area contributed by atoms with Crippen LogP contribution in [0.2, 0.25) is 0 Å². The predicted octanol–water partition coefficient (Wildman–Crippen LogP) is -1.27. The Morgan fingerprint density at radius 3 is 2.31 bits per heavy atom. The molecule has 16 heavy (non-hydrogen) atoms. The molecule has 0 aromatic carbocycles. The van der Waals surface area contributed by atoms with Gasteiger partial charge in [-0.2, -0.15) is 0 Å². The number of aliphatic carboxylic acids is 1. The first-order valence-electron chi connectivity index (χ1n) is 4.69.